The summed E-state index contributed by atoms with van der Waals surface area (Å²) in [5.41, 5.74) is -1.16. The Morgan fingerprint density at radius 2 is 1.64 bits per heavy atom. The molecule has 3 aromatic rings. The number of rotatable bonds is 4. The summed E-state index contributed by atoms with van der Waals surface area (Å²) >= 11 is 0. The summed E-state index contributed by atoms with van der Waals surface area (Å²) in [5, 5.41) is 78.8. The molecule has 5 atom stereocenters. The molecule has 0 radical (unpaired) electrons. The van der Waals surface area contributed by atoms with Gasteiger partial charge in [-0.25, -0.2) is 0 Å². The number of aromatic hydroxyl groups is 4. The first-order valence-electron chi connectivity index (χ1n) is 9.64. The van der Waals surface area contributed by atoms with Gasteiger partial charge >= 0.3 is 0 Å². The molecule has 2 heterocycles. The Kier molecular flexibility index (Phi) is 5.78. The molecule has 0 saturated carbocycles. The van der Waals surface area contributed by atoms with Crippen LogP contribution in [0.25, 0.3) is 22.3 Å². The number of fused-ring (bicyclic) bond motifs is 1. The summed E-state index contributed by atoms with van der Waals surface area (Å²) in [6, 6.07) is 5.51. The van der Waals surface area contributed by atoms with Gasteiger partial charge in [0.25, 0.3) is 0 Å². The number of aliphatic hydroxyl groups is 4. The minimum absolute atomic E-state index is 0.0213. The SMILES string of the molecule is O=c1c(O)c(-c2ccc(O[C@@H]3OC(CO)[C@@H](O)[C@@H](O)C3O)c(O)c2)oc2cc(O)cc(O)c12. The first-order chi connectivity index (χ1) is 15.6. The molecule has 12 heteroatoms. The van der Waals surface area contributed by atoms with Crippen molar-refractivity contribution in [2.45, 2.75) is 30.7 Å². The predicted octanol–water partition coefficient (Wildman–Crippen LogP) is -0.539. The lowest BCUT2D eigenvalue weighted by Gasteiger charge is -2.39. The summed E-state index contributed by atoms with van der Waals surface area (Å²) in [6.07, 6.45) is -7.73. The zero-order valence-electron chi connectivity index (χ0n) is 16.7. The third kappa shape index (κ3) is 3.90. The number of ether oxygens (including phenoxy) is 2. The van der Waals surface area contributed by atoms with Crippen molar-refractivity contribution < 1.29 is 54.7 Å². The molecule has 2 aromatic carbocycles. The van der Waals surface area contributed by atoms with Gasteiger partial charge in [-0.15, -0.1) is 0 Å². The smallest absolute Gasteiger partial charge is 0.238 e. The largest absolute Gasteiger partial charge is 0.508 e. The van der Waals surface area contributed by atoms with Crippen LogP contribution < -0.4 is 10.2 Å². The molecule has 4 rings (SSSR count). The van der Waals surface area contributed by atoms with Crippen LogP contribution in [-0.2, 0) is 4.74 Å². The van der Waals surface area contributed by atoms with Gasteiger partial charge < -0.3 is 54.7 Å². The van der Waals surface area contributed by atoms with Crippen molar-refractivity contribution in [1.29, 1.82) is 0 Å². The van der Waals surface area contributed by atoms with Crippen LogP contribution >= 0.6 is 0 Å². The Hall–Kier alpha value is -3.55. The summed E-state index contributed by atoms with van der Waals surface area (Å²) in [4.78, 5) is 12.5. The van der Waals surface area contributed by atoms with Gasteiger partial charge in [-0.05, 0) is 18.2 Å². The number of phenols is 3. The standard InChI is InChI=1S/C21H20O12/c22-6-13-15(26)17(28)19(30)21(33-13)32-11-2-1-7(3-9(11)24)20-18(29)16(27)14-10(25)4-8(23)5-12(14)31-20/h1-5,13,15,17,19,21-26,28-30H,6H2/t13?,15-,17-,19?,21-/m1/s1. The van der Waals surface area contributed by atoms with Crippen LogP contribution in [0.15, 0.2) is 39.5 Å². The monoisotopic (exact) mass is 464 g/mol. The van der Waals surface area contributed by atoms with E-state index in [1.807, 2.05) is 0 Å². The van der Waals surface area contributed by atoms with Crippen LogP contribution in [0.5, 0.6) is 28.7 Å². The van der Waals surface area contributed by atoms with Crippen molar-refractivity contribution in [3.8, 4) is 40.1 Å². The van der Waals surface area contributed by atoms with Gasteiger partial charge in [-0.1, -0.05) is 0 Å². The molecule has 1 fully saturated rings. The zero-order chi connectivity index (χ0) is 24.0. The fraction of sp³-hybridized carbons (Fsp3) is 0.286. The van der Waals surface area contributed by atoms with Gasteiger partial charge in [-0.3, -0.25) is 4.79 Å². The van der Waals surface area contributed by atoms with Crippen LogP contribution in [-0.4, -0.2) is 78.2 Å². The van der Waals surface area contributed by atoms with Crippen LogP contribution in [0.3, 0.4) is 0 Å². The van der Waals surface area contributed by atoms with Crippen LogP contribution in [0, 0.1) is 0 Å². The van der Waals surface area contributed by atoms with E-state index < -0.39 is 60.0 Å². The molecular weight excluding hydrogens is 444 g/mol. The van der Waals surface area contributed by atoms with E-state index in [2.05, 4.69) is 0 Å². The van der Waals surface area contributed by atoms with Gasteiger partial charge in [0, 0.05) is 17.7 Å². The van der Waals surface area contributed by atoms with Crippen molar-refractivity contribution in [2.24, 2.45) is 0 Å². The quantitative estimate of drug-likeness (QED) is 0.245. The normalized spacial score (nSPS) is 25.3. The lowest BCUT2D eigenvalue weighted by molar-refractivity contribution is -0.277. The van der Waals surface area contributed by atoms with E-state index in [1.54, 1.807) is 0 Å². The maximum absolute atomic E-state index is 12.5. The molecule has 1 saturated heterocycles. The van der Waals surface area contributed by atoms with Crippen LogP contribution in [0.1, 0.15) is 0 Å². The fourth-order valence-electron chi connectivity index (χ4n) is 3.52. The van der Waals surface area contributed by atoms with Crippen molar-refractivity contribution >= 4 is 11.0 Å². The molecule has 33 heavy (non-hydrogen) atoms. The first-order valence-corrected chi connectivity index (χ1v) is 9.64. The fourth-order valence-corrected chi connectivity index (χ4v) is 3.52. The molecule has 0 spiro atoms. The van der Waals surface area contributed by atoms with E-state index in [0.717, 1.165) is 18.2 Å². The first kappa shape index (κ1) is 22.6. The average Bonchev–Trinajstić information content (AvgIpc) is 2.77. The van der Waals surface area contributed by atoms with Crippen molar-refractivity contribution in [1.82, 2.24) is 0 Å². The van der Waals surface area contributed by atoms with Crippen molar-refractivity contribution in [3.05, 3.63) is 40.6 Å². The van der Waals surface area contributed by atoms with Gasteiger partial charge in [0.2, 0.25) is 17.5 Å². The topological polar surface area (TPSA) is 211 Å². The van der Waals surface area contributed by atoms with Gasteiger partial charge in [0.15, 0.2) is 17.3 Å². The van der Waals surface area contributed by atoms with Gasteiger partial charge in [-0.2, -0.15) is 0 Å². The summed E-state index contributed by atoms with van der Waals surface area (Å²) in [5.74, 6) is -2.97. The Bertz CT molecular complexity index is 1250. The summed E-state index contributed by atoms with van der Waals surface area (Å²) in [6.45, 7) is -0.666. The minimum atomic E-state index is -1.70. The lowest BCUT2D eigenvalue weighted by Crippen LogP contribution is -2.60. The molecule has 1 aromatic heterocycles. The molecular formula is C21H20O12. The zero-order valence-corrected chi connectivity index (χ0v) is 16.7. The van der Waals surface area contributed by atoms with Crippen LogP contribution in [0.4, 0.5) is 0 Å². The molecule has 8 N–H and O–H groups in total. The van der Waals surface area contributed by atoms with Crippen LogP contribution in [0.2, 0.25) is 0 Å². The maximum Gasteiger partial charge on any atom is 0.238 e. The van der Waals surface area contributed by atoms with Crippen molar-refractivity contribution in [2.75, 3.05) is 6.61 Å². The van der Waals surface area contributed by atoms with E-state index in [9.17, 15) is 45.6 Å². The molecule has 0 aliphatic carbocycles. The molecule has 176 valence electrons. The highest BCUT2D eigenvalue weighted by atomic mass is 16.7. The average molecular weight is 464 g/mol. The number of aliphatic hydroxyl groups excluding tert-OH is 4. The third-order valence-corrected chi connectivity index (χ3v) is 5.25. The van der Waals surface area contributed by atoms with E-state index in [-0.39, 0.29) is 33.8 Å². The highest BCUT2D eigenvalue weighted by Crippen LogP contribution is 2.39. The highest BCUT2D eigenvalue weighted by Gasteiger charge is 2.45. The Morgan fingerprint density at radius 3 is 2.30 bits per heavy atom. The second-order valence-electron chi connectivity index (χ2n) is 7.44. The molecule has 1 aliphatic heterocycles. The number of benzene rings is 2. The van der Waals surface area contributed by atoms with E-state index in [1.165, 1.54) is 12.1 Å². The number of hydrogen-bond donors (Lipinski definition) is 8. The minimum Gasteiger partial charge on any atom is -0.508 e. The number of hydrogen-bond acceptors (Lipinski definition) is 12. The van der Waals surface area contributed by atoms with E-state index in [0.29, 0.717) is 0 Å². The Balaban J connectivity index is 1.68. The molecule has 0 bridgehead atoms. The highest BCUT2D eigenvalue weighted by molar-refractivity contribution is 5.88. The predicted molar refractivity (Wildman–Crippen MR) is 109 cm³/mol. The molecule has 2 unspecified atom stereocenters. The van der Waals surface area contributed by atoms with Crippen molar-refractivity contribution in [3.63, 3.8) is 0 Å². The van der Waals surface area contributed by atoms with E-state index >= 15 is 0 Å². The second kappa shape index (κ2) is 8.42. The Morgan fingerprint density at radius 1 is 0.909 bits per heavy atom. The Labute approximate surface area is 184 Å². The number of phenolic OH excluding ortho intramolecular Hbond substituents is 3. The molecule has 1 aliphatic rings. The molecule has 12 nitrogen and oxygen atoms in total. The second-order valence-corrected chi connectivity index (χ2v) is 7.44. The van der Waals surface area contributed by atoms with E-state index in [4.69, 9.17) is 13.9 Å². The summed E-state index contributed by atoms with van der Waals surface area (Å²) < 4.78 is 16.1. The van der Waals surface area contributed by atoms with Gasteiger partial charge in [0.05, 0.1) is 6.61 Å². The molecule has 0 amide bonds. The summed E-state index contributed by atoms with van der Waals surface area (Å²) in [7, 11) is 0. The third-order valence-electron chi connectivity index (χ3n) is 5.25. The van der Waals surface area contributed by atoms with Gasteiger partial charge in [0.1, 0.15) is 46.9 Å². The maximum atomic E-state index is 12.5. The lowest BCUT2D eigenvalue weighted by atomic mass is 9.99.